The summed E-state index contributed by atoms with van der Waals surface area (Å²) in [5, 5.41) is 74.6. The molecule has 14 nitrogen and oxygen atoms in total. The smallest absolute Gasteiger partial charge is 0.328 e. The Hall–Kier alpha value is -4.24. The van der Waals surface area contributed by atoms with Crippen molar-refractivity contribution in [3.63, 3.8) is 0 Å². The number of benzene rings is 2. The fourth-order valence-electron chi connectivity index (χ4n) is 3.86. The molecule has 0 saturated heterocycles. The number of aliphatic hydroxyl groups excluding tert-OH is 2. The van der Waals surface area contributed by atoms with E-state index in [9.17, 15) is 40.2 Å². The van der Waals surface area contributed by atoms with Gasteiger partial charge in [0.2, 0.25) is 0 Å². The van der Waals surface area contributed by atoms with Crippen LogP contribution < -0.4 is 20.9 Å². The summed E-state index contributed by atoms with van der Waals surface area (Å²) in [6.07, 6.45) is 2.55. The number of nitrogens with two attached hydrogens (primary N) is 2. The Labute approximate surface area is 242 Å². The summed E-state index contributed by atoms with van der Waals surface area (Å²) in [6, 6.07) is 7.98. The molecule has 0 aliphatic rings. The number of carbonyl (C=O) groups is 2. The fourth-order valence-corrected chi connectivity index (χ4v) is 3.86. The number of hydrogen-bond donors (Lipinski definition) is 10. The van der Waals surface area contributed by atoms with Crippen molar-refractivity contribution in [3.05, 3.63) is 48.6 Å². The van der Waals surface area contributed by atoms with Crippen LogP contribution in [0.1, 0.15) is 38.5 Å². The number of aliphatic carboxylic acids is 2. The third-order valence-electron chi connectivity index (χ3n) is 5.81. The molecule has 0 aliphatic carbocycles. The second kappa shape index (κ2) is 18.2. The molecule has 0 bridgehead atoms. The summed E-state index contributed by atoms with van der Waals surface area (Å²) in [5.41, 5.74) is 11.2. The number of aliphatic hydroxyl groups is 2. The van der Waals surface area contributed by atoms with E-state index in [1.807, 2.05) is 0 Å². The van der Waals surface area contributed by atoms with Gasteiger partial charge < -0.3 is 61.8 Å². The zero-order valence-electron chi connectivity index (χ0n) is 23.0. The summed E-state index contributed by atoms with van der Waals surface area (Å²) >= 11 is 0. The van der Waals surface area contributed by atoms with Gasteiger partial charge in [-0.25, -0.2) is 9.59 Å². The Balaban J connectivity index is 0.000000962. The normalized spacial score (nSPS) is 13.8. The van der Waals surface area contributed by atoms with Crippen molar-refractivity contribution in [2.24, 2.45) is 11.5 Å². The topological polar surface area (TPSA) is 266 Å². The summed E-state index contributed by atoms with van der Waals surface area (Å²) in [5.74, 6) is -3.15. The predicted molar refractivity (Wildman–Crippen MR) is 151 cm³/mol. The molecule has 0 heterocycles. The summed E-state index contributed by atoms with van der Waals surface area (Å²) in [4.78, 5) is 19.1. The van der Waals surface area contributed by atoms with E-state index in [1.165, 1.54) is 36.4 Å². The molecular weight excluding hydrogens is 556 g/mol. The first-order valence-electron chi connectivity index (χ1n) is 13.0. The van der Waals surface area contributed by atoms with Gasteiger partial charge >= 0.3 is 11.9 Å². The third kappa shape index (κ3) is 14.9. The van der Waals surface area contributed by atoms with E-state index in [0.717, 1.165) is 19.3 Å². The Morgan fingerprint density at radius 3 is 1.52 bits per heavy atom. The van der Waals surface area contributed by atoms with E-state index in [-0.39, 0.29) is 60.6 Å². The highest BCUT2D eigenvalue weighted by Crippen LogP contribution is 2.31. The minimum Gasteiger partial charge on any atom is -0.504 e. The lowest BCUT2D eigenvalue weighted by atomic mass is 9.82. The molecule has 2 aromatic rings. The maximum atomic E-state index is 10.5. The predicted octanol–water partition coefficient (Wildman–Crippen LogP) is 1.40. The van der Waals surface area contributed by atoms with Crippen LogP contribution in [-0.2, 0) is 9.59 Å². The average Bonchev–Trinajstić information content (AvgIpc) is 2.91. The first-order valence-corrected chi connectivity index (χ1v) is 13.0. The Bertz CT molecular complexity index is 1080. The molecule has 2 rings (SSSR count). The Morgan fingerprint density at radius 1 is 0.738 bits per heavy atom. The number of carboxylic acids is 2. The van der Waals surface area contributed by atoms with Crippen LogP contribution in [0.25, 0.3) is 0 Å². The number of rotatable bonds is 17. The molecule has 0 radical (unpaired) electrons. The van der Waals surface area contributed by atoms with E-state index in [2.05, 4.69) is 0 Å². The number of aromatic hydroxyl groups is 4. The SMILES string of the molecule is NCCCCCC(N)(CC(O)COc1ccc(O)c(O)c1)CC(O)COc1ccc(O)c(O)c1.O=C(O)C=CC(=O)O. The molecule has 234 valence electrons. The van der Waals surface area contributed by atoms with Crippen LogP contribution in [0.3, 0.4) is 0 Å². The zero-order valence-corrected chi connectivity index (χ0v) is 23.0. The number of phenolic OH excluding ortho intramolecular Hbond substituents is 4. The molecule has 0 spiro atoms. The van der Waals surface area contributed by atoms with Crippen LogP contribution in [0.5, 0.6) is 34.5 Å². The highest BCUT2D eigenvalue weighted by atomic mass is 16.5. The van der Waals surface area contributed by atoms with Gasteiger partial charge in [0.1, 0.15) is 24.7 Å². The molecule has 0 fully saturated rings. The van der Waals surface area contributed by atoms with E-state index >= 15 is 0 Å². The average molecular weight is 597 g/mol. The summed E-state index contributed by atoms with van der Waals surface area (Å²) < 4.78 is 11.0. The largest absolute Gasteiger partial charge is 0.504 e. The van der Waals surface area contributed by atoms with E-state index < -0.39 is 29.7 Å². The summed E-state index contributed by atoms with van der Waals surface area (Å²) in [6.45, 7) is 0.389. The number of phenols is 4. The first kappa shape index (κ1) is 35.8. The minimum absolute atomic E-state index is 0.0919. The fraction of sp³-hybridized carbons (Fsp3) is 0.429. The lowest BCUT2D eigenvalue weighted by Gasteiger charge is -2.33. The maximum Gasteiger partial charge on any atom is 0.328 e. The highest BCUT2D eigenvalue weighted by molar-refractivity contribution is 5.89. The summed E-state index contributed by atoms with van der Waals surface area (Å²) in [7, 11) is 0. The van der Waals surface area contributed by atoms with Gasteiger partial charge in [-0.3, -0.25) is 0 Å². The van der Waals surface area contributed by atoms with Crippen LogP contribution in [0.4, 0.5) is 0 Å². The van der Waals surface area contributed by atoms with Gasteiger partial charge in [0, 0.05) is 29.8 Å². The molecule has 42 heavy (non-hydrogen) atoms. The van der Waals surface area contributed by atoms with E-state index in [4.69, 9.17) is 31.2 Å². The van der Waals surface area contributed by atoms with Crippen LogP contribution in [0, 0.1) is 0 Å². The van der Waals surface area contributed by atoms with Crippen molar-refractivity contribution < 1.29 is 59.9 Å². The number of unbranched alkanes of at least 4 members (excludes halogenated alkanes) is 2. The maximum absolute atomic E-state index is 10.5. The molecule has 14 heteroatoms. The molecule has 2 atom stereocenters. The van der Waals surface area contributed by atoms with Gasteiger partial charge in [0.05, 0.1) is 12.2 Å². The van der Waals surface area contributed by atoms with Gasteiger partial charge in [-0.2, -0.15) is 0 Å². The van der Waals surface area contributed by atoms with Crippen LogP contribution >= 0.6 is 0 Å². The minimum atomic E-state index is -1.26. The molecule has 0 saturated carbocycles. The van der Waals surface area contributed by atoms with Crippen LogP contribution in [-0.4, -0.2) is 90.3 Å². The Kier molecular flexibility index (Phi) is 15.5. The lowest BCUT2D eigenvalue weighted by Crippen LogP contribution is -2.47. The second-order valence-corrected chi connectivity index (χ2v) is 9.61. The molecular formula is C28H40N2O12. The standard InChI is InChI=1S/C24H36N2O8.C4H4O4/c25-9-3-1-2-8-24(26,12-16(27)14-33-18-4-6-20(29)22(31)10-18)13-17(28)15-34-19-5-7-21(30)23(32)11-19;5-3(6)1-2-4(7)8/h4-7,10-11,16-17,27-32H,1-3,8-9,12-15,25-26H2;1-2H,(H,5,6)(H,7,8). The van der Waals surface area contributed by atoms with Crippen LogP contribution in [0.2, 0.25) is 0 Å². The highest BCUT2D eigenvalue weighted by Gasteiger charge is 2.31. The van der Waals surface area contributed by atoms with Crippen molar-refractivity contribution in [1.29, 1.82) is 0 Å². The molecule has 2 aromatic carbocycles. The van der Waals surface area contributed by atoms with Gasteiger partial charge in [-0.15, -0.1) is 0 Å². The number of carboxylic acid groups (broad SMARTS) is 2. The van der Waals surface area contributed by atoms with E-state index in [0.29, 0.717) is 25.1 Å². The van der Waals surface area contributed by atoms with Gasteiger partial charge in [0.15, 0.2) is 23.0 Å². The molecule has 12 N–H and O–H groups in total. The van der Waals surface area contributed by atoms with Crippen molar-refractivity contribution in [3.8, 4) is 34.5 Å². The quantitative estimate of drug-likeness (QED) is 0.0703. The Morgan fingerprint density at radius 2 is 1.17 bits per heavy atom. The lowest BCUT2D eigenvalue weighted by molar-refractivity contribution is -0.134. The molecule has 0 amide bonds. The zero-order chi connectivity index (χ0) is 31.7. The number of ether oxygens (including phenoxy) is 2. The monoisotopic (exact) mass is 596 g/mol. The van der Waals surface area contributed by atoms with Crippen molar-refractivity contribution in [2.45, 2.75) is 56.3 Å². The number of hydrogen-bond acceptors (Lipinski definition) is 12. The van der Waals surface area contributed by atoms with Gasteiger partial charge in [-0.05, 0) is 56.5 Å². The van der Waals surface area contributed by atoms with Gasteiger partial charge in [-0.1, -0.05) is 12.8 Å². The third-order valence-corrected chi connectivity index (χ3v) is 5.81. The van der Waals surface area contributed by atoms with Crippen molar-refractivity contribution in [1.82, 2.24) is 0 Å². The molecule has 0 aliphatic heterocycles. The van der Waals surface area contributed by atoms with Crippen LogP contribution in [0.15, 0.2) is 48.6 Å². The second-order valence-electron chi connectivity index (χ2n) is 9.61. The first-order chi connectivity index (χ1) is 19.7. The van der Waals surface area contributed by atoms with Gasteiger partial charge in [0.25, 0.3) is 0 Å². The van der Waals surface area contributed by atoms with Crippen molar-refractivity contribution in [2.75, 3.05) is 19.8 Å². The van der Waals surface area contributed by atoms with Crippen molar-refractivity contribution >= 4 is 11.9 Å². The molecule has 2 unspecified atom stereocenters. The molecule has 0 aromatic heterocycles. The van der Waals surface area contributed by atoms with E-state index in [1.54, 1.807) is 0 Å².